The summed E-state index contributed by atoms with van der Waals surface area (Å²) in [6.07, 6.45) is 1.95. The molecule has 1 heterocycles. The van der Waals surface area contributed by atoms with Gasteiger partial charge >= 0.3 is 0 Å². The lowest BCUT2D eigenvalue weighted by Crippen LogP contribution is -2.04. The van der Waals surface area contributed by atoms with E-state index in [-0.39, 0.29) is 6.61 Å². The van der Waals surface area contributed by atoms with Crippen molar-refractivity contribution in [1.29, 1.82) is 0 Å². The quantitative estimate of drug-likeness (QED) is 0.818. The van der Waals surface area contributed by atoms with E-state index in [9.17, 15) is 0 Å². The highest BCUT2D eigenvalue weighted by Crippen LogP contribution is 2.35. The Morgan fingerprint density at radius 2 is 1.95 bits per heavy atom. The molecule has 6 heteroatoms. The van der Waals surface area contributed by atoms with Crippen molar-refractivity contribution in [2.45, 2.75) is 33.1 Å². The number of aliphatic hydroxyl groups is 1. The zero-order valence-corrected chi connectivity index (χ0v) is 14.5. The third kappa shape index (κ3) is 3.62. The molecule has 0 aliphatic rings. The molecule has 0 saturated heterocycles. The van der Waals surface area contributed by atoms with E-state index < -0.39 is 0 Å². The van der Waals surface area contributed by atoms with E-state index in [0.29, 0.717) is 18.4 Å². The summed E-state index contributed by atoms with van der Waals surface area (Å²) in [5.41, 5.74) is 1.70. The molecule has 20 heavy (non-hydrogen) atoms. The molecule has 1 aromatic carbocycles. The molecule has 108 valence electrons. The maximum atomic E-state index is 9.14. The molecule has 0 fully saturated rings. The number of benzene rings is 1. The molecule has 0 amide bonds. The zero-order chi connectivity index (χ0) is 14.7. The van der Waals surface area contributed by atoms with Crippen molar-refractivity contribution < 1.29 is 9.84 Å². The Kier molecular flexibility index (Phi) is 5.23. The second-order valence-electron chi connectivity index (χ2n) is 4.72. The summed E-state index contributed by atoms with van der Waals surface area (Å²) in [4.78, 5) is 0. The summed E-state index contributed by atoms with van der Waals surface area (Å²) in [5.74, 6) is 0.710. The largest absolute Gasteiger partial charge is 0.485 e. The fourth-order valence-electron chi connectivity index (χ4n) is 1.73. The van der Waals surface area contributed by atoms with Crippen molar-refractivity contribution in [3.63, 3.8) is 0 Å². The number of nitrogens with zero attached hydrogens (tertiary/aromatic N) is 2. The van der Waals surface area contributed by atoms with Crippen LogP contribution in [0.15, 0.2) is 33.3 Å². The number of hydrogen-bond donors (Lipinski definition) is 1. The number of aliphatic hydroxyl groups excluding tert-OH is 1. The zero-order valence-electron chi connectivity index (χ0n) is 11.3. The summed E-state index contributed by atoms with van der Waals surface area (Å²) in [7, 11) is 0. The van der Waals surface area contributed by atoms with Gasteiger partial charge in [0, 0.05) is 12.2 Å². The maximum absolute atomic E-state index is 9.14. The van der Waals surface area contributed by atoms with Crippen molar-refractivity contribution in [3.8, 4) is 5.75 Å². The van der Waals surface area contributed by atoms with Crippen LogP contribution in [-0.4, -0.2) is 14.9 Å². The van der Waals surface area contributed by atoms with Gasteiger partial charge in [-0.2, -0.15) is 5.10 Å². The smallest absolute Gasteiger partial charge is 0.148 e. The Bertz CT molecular complexity index is 574. The van der Waals surface area contributed by atoms with Crippen LogP contribution in [0.1, 0.15) is 31.1 Å². The molecule has 0 saturated carbocycles. The van der Waals surface area contributed by atoms with Crippen LogP contribution < -0.4 is 4.74 Å². The molecule has 2 aromatic rings. The number of hydrogen-bond acceptors (Lipinski definition) is 3. The standard InChI is InChI=1S/C14H16Br2N2O2/c1-9(2)18-4-3-11(17-18)8-20-14-12(15)5-10(7-19)6-13(14)16/h3-6,9,19H,7-8H2,1-2H3. The van der Waals surface area contributed by atoms with E-state index >= 15 is 0 Å². The number of aromatic nitrogens is 2. The molecule has 0 spiro atoms. The molecule has 0 radical (unpaired) electrons. The number of rotatable bonds is 5. The summed E-state index contributed by atoms with van der Waals surface area (Å²) in [5, 5.41) is 13.6. The van der Waals surface area contributed by atoms with Crippen LogP contribution in [0.25, 0.3) is 0 Å². The van der Waals surface area contributed by atoms with Gasteiger partial charge in [-0.3, -0.25) is 4.68 Å². The third-order valence-corrected chi connectivity index (χ3v) is 3.98. The minimum atomic E-state index is -0.00370. The molecule has 0 aliphatic carbocycles. The van der Waals surface area contributed by atoms with Crippen LogP contribution >= 0.6 is 31.9 Å². The molecule has 2 rings (SSSR count). The average Bonchev–Trinajstić information content (AvgIpc) is 2.86. The van der Waals surface area contributed by atoms with E-state index in [4.69, 9.17) is 9.84 Å². The van der Waals surface area contributed by atoms with E-state index in [0.717, 1.165) is 20.2 Å². The van der Waals surface area contributed by atoms with Crippen LogP contribution in [0.5, 0.6) is 5.75 Å². The van der Waals surface area contributed by atoms with Gasteiger partial charge in [0.1, 0.15) is 12.4 Å². The van der Waals surface area contributed by atoms with Crippen molar-refractivity contribution in [1.82, 2.24) is 9.78 Å². The van der Waals surface area contributed by atoms with E-state index in [1.165, 1.54) is 0 Å². The monoisotopic (exact) mass is 402 g/mol. The SMILES string of the molecule is CC(C)n1ccc(COc2c(Br)cc(CO)cc2Br)n1. The highest BCUT2D eigenvalue weighted by atomic mass is 79.9. The summed E-state index contributed by atoms with van der Waals surface area (Å²) >= 11 is 6.90. The fourth-order valence-corrected chi connectivity index (χ4v) is 3.24. The van der Waals surface area contributed by atoms with Gasteiger partial charge in [-0.1, -0.05) is 0 Å². The molecule has 0 unspecified atom stereocenters. The van der Waals surface area contributed by atoms with Gasteiger partial charge in [-0.25, -0.2) is 0 Å². The molecule has 0 aliphatic heterocycles. The molecular formula is C14H16Br2N2O2. The second kappa shape index (κ2) is 6.74. The van der Waals surface area contributed by atoms with Crippen molar-refractivity contribution in [3.05, 3.63) is 44.6 Å². The number of ether oxygens (including phenoxy) is 1. The highest BCUT2D eigenvalue weighted by molar-refractivity contribution is 9.11. The maximum Gasteiger partial charge on any atom is 0.148 e. The topological polar surface area (TPSA) is 47.3 Å². The Labute approximate surface area is 135 Å². The molecule has 0 atom stereocenters. The van der Waals surface area contributed by atoms with E-state index in [1.54, 1.807) is 0 Å². The number of halogens is 2. The van der Waals surface area contributed by atoms with Crippen LogP contribution in [0.2, 0.25) is 0 Å². The molecule has 1 N–H and O–H groups in total. The van der Waals surface area contributed by atoms with E-state index in [1.807, 2.05) is 29.1 Å². The first-order valence-corrected chi connectivity index (χ1v) is 7.85. The lowest BCUT2D eigenvalue weighted by molar-refractivity contribution is 0.279. The van der Waals surface area contributed by atoms with Crippen LogP contribution in [0.3, 0.4) is 0 Å². The highest BCUT2D eigenvalue weighted by Gasteiger charge is 2.10. The summed E-state index contributed by atoms with van der Waals surface area (Å²) in [6.45, 7) is 4.56. The third-order valence-electron chi connectivity index (χ3n) is 2.80. The second-order valence-corrected chi connectivity index (χ2v) is 6.42. The van der Waals surface area contributed by atoms with Gasteiger partial charge in [0.2, 0.25) is 0 Å². The molecular weight excluding hydrogens is 388 g/mol. The minimum Gasteiger partial charge on any atom is -0.485 e. The summed E-state index contributed by atoms with van der Waals surface area (Å²) < 4.78 is 9.31. The van der Waals surface area contributed by atoms with Gasteiger partial charge in [0.05, 0.1) is 21.2 Å². The molecule has 1 aromatic heterocycles. The average molecular weight is 404 g/mol. The normalized spacial score (nSPS) is 11.1. The van der Waals surface area contributed by atoms with Crippen LogP contribution in [-0.2, 0) is 13.2 Å². The van der Waals surface area contributed by atoms with Crippen molar-refractivity contribution >= 4 is 31.9 Å². The Balaban J connectivity index is 2.10. The van der Waals surface area contributed by atoms with Gasteiger partial charge in [0.25, 0.3) is 0 Å². The minimum absolute atomic E-state index is 0.00370. The lowest BCUT2D eigenvalue weighted by atomic mass is 10.2. The van der Waals surface area contributed by atoms with Gasteiger partial charge in [-0.05, 0) is 69.5 Å². The first kappa shape index (κ1) is 15.5. The van der Waals surface area contributed by atoms with Crippen LogP contribution in [0.4, 0.5) is 0 Å². The predicted octanol–water partition coefficient (Wildman–Crippen LogP) is 4.06. The Morgan fingerprint density at radius 3 is 2.45 bits per heavy atom. The fraction of sp³-hybridized carbons (Fsp3) is 0.357. The van der Waals surface area contributed by atoms with Gasteiger partial charge in [0.15, 0.2) is 0 Å². The van der Waals surface area contributed by atoms with E-state index in [2.05, 4.69) is 50.8 Å². The van der Waals surface area contributed by atoms with Gasteiger partial charge in [-0.15, -0.1) is 0 Å². The Morgan fingerprint density at radius 1 is 1.30 bits per heavy atom. The Hall–Kier alpha value is -0.850. The lowest BCUT2D eigenvalue weighted by Gasteiger charge is -2.11. The predicted molar refractivity (Wildman–Crippen MR) is 84.7 cm³/mol. The van der Waals surface area contributed by atoms with Crippen molar-refractivity contribution in [2.24, 2.45) is 0 Å². The molecule has 0 bridgehead atoms. The first-order chi connectivity index (χ1) is 9.51. The van der Waals surface area contributed by atoms with Crippen LogP contribution in [0, 0.1) is 0 Å². The van der Waals surface area contributed by atoms with Crippen molar-refractivity contribution in [2.75, 3.05) is 0 Å². The van der Waals surface area contributed by atoms with Gasteiger partial charge < -0.3 is 9.84 Å². The first-order valence-electron chi connectivity index (χ1n) is 6.27. The summed E-state index contributed by atoms with van der Waals surface area (Å²) in [6, 6.07) is 5.97. The molecule has 4 nitrogen and oxygen atoms in total.